The van der Waals surface area contributed by atoms with Gasteiger partial charge in [0.25, 0.3) is 11.8 Å². The Balaban J connectivity index is 1.65. The van der Waals surface area contributed by atoms with Gasteiger partial charge in [0, 0.05) is 23.4 Å². The molecule has 7 heteroatoms. The number of para-hydroxylation sites is 1. The zero-order valence-corrected chi connectivity index (χ0v) is 13.9. The number of amides is 2. The lowest BCUT2D eigenvalue weighted by molar-refractivity contribution is -0.254. The SMILES string of the molecule is O=C(Nc1ccccc1C(=O)[O-])c1ccc(NC(=O)[C@@H]2CCCO2)cc1. The summed E-state index contributed by atoms with van der Waals surface area (Å²) < 4.78 is 5.32. The predicted molar refractivity (Wildman–Crippen MR) is 92.8 cm³/mol. The monoisotopic (exact) mass is 353 g/mol. The highest BCUT2D eigenvalue weighted by atomic mass is 16.5. The summed E-state index contributed by atoms with van der Waals surface area (Å²) in [4.78, 5) is 35.4. The van der Waals surface area contributed by atoms with Gasteiger partial charge < -0.3 is 25.3 Å². The number of carbonyl (C=O) groups is 3. The molecule has 2 aromatic carbocycles. The molecule has 2 aromatic rings. The third kappa shape index (κ3) is 4.07. The number of carboxylic acids is 1. The molecule has 0 unspecified atom stereocenters. The number of hydrogen-bond donors (Lipinski definition) is 2. The van der Waals surface area contributed by atoms with Crippen molar-refractivity contribution in [1.82, 2.24) is 0 Å². The van der Waals surface area contributed by atoms with Crippen LogP contribution in [-0.4, -0.2) is 30.5 Å². The van der Waals surface area contributed by atoms with Crippen LogP contribution in [0.3, 0.4) is 0 Å². The van der Waals surface area contributed by atoms with E-state index in [-0.39, 0.29) is 17.2 Å². The van der Waals surface area contributed by atoms with Gasteiger partial charge in [-0.3, -0.25) is 9.59 Å². The first kappa shape index (κ1) is 17.6. The van der Waals surface area contributed by atoms with Gasteiger partial charge in [0.15, 0.2) is 0 Å². The van der Waals surface area contributed by atoms with Gasteiger partial charge in [-0.25, -0.2) is 0 Å². The van der Waals surface area contributed by atoms with Crippen LogP contribution in [0.25, 0.3) is 0 Å². The number of anilines is 2. The largest absolute Gasteiger partial charge is 0.545 e. The zero-order chi connectivity index (χ0) is 18.5. The number of carbonyl (C=O) groups excluding carboxylic acids is 3. The van der Waals surface area contributed by atoms with Crippen molar-refractivity contribution in [2.24, 2.45) is 0 Å². The molecule has 0 radical (unpaired) electrons. The molecule has 0 saturated carbocycles. The molecule has 1 heterocycles. The van der Waals surface area contributed by atoms with Gasteiger partial charge in [-0.2, -0.15) is 0 Å². The van der Waals surface area contributed by atoms with E-state index >= 15 is 0 Å². The normalized spacial score (nSPS) is 16.1. The van der Waals surface area contributed by atoms with Crippen molar-refractivity contribution >= 4 is 29.2 Å². The average molecular weight is 353 g/mol. The Bertz CT molecular complexity index is 826. The maximum atomic E-state index is 12.3. The molecule has 0 bridgehead atoms. The number of benzene rings is 2. The maximum Gasteiger partial charge on any atom is 0.255 e. The molecule has 0 aromatic heterocycles. The summed E-state index contributed by atoms with van der Waals surface area (Å²) in [6.45, 7) is 0.588. The van der Waals surface area contributed by atoms with Crippen molar-refractivity contribution in [1.29, 1.82) is 0 Å². The van der Waals surface area contributed by atoms with Gasteiger partial charge in [-0.15, -0.1) is 0 Å². The van der Waals surface area contributed by atoms with E-state index in [0.29, 0.717) is 24.3 Å². The highest BCUT2D eigenvalue weighted by Crippen LogP contribution is 2.18. The number of aromatic carboxylic acids is 1. The molecular weight excluding hydrogens is 336 g/mol. The summed E-state index contributed by atoms with van der Waals surface area (Å²) in [7, 11) is 0. The predicted octanol–water partition coefficient (Wildman–Crippen LogP) is 1.42. The summed E-state index contributed by atoms with van der Waals surface area (Å²) in [6, 6.07) is 12.3. The summed E-state index contributed by atoms with van der Waals surface area (Å²) in [5.74, 6) is -2.04. The van der Waals surface area contributed by atoms with Crippen LogP contribution >= 0.6 is 0 Å². The quantitative estimate of drug-likeness (QED) is 0.845. The Morgan fingerprint density at radius 3 is 2.38 bits per heavy atom. The summed E-state index contributed by atoms with van der Waals surface area (Å²) in [6.07, 6.45) is 1.13. The molecule has 2 N–H and O–H groups in total. The first-order valence-corrected chi connectivity index (χ1v) is 8.19. The Hall–Kier alpha value is -3.19. The molecule has 134 valence electrons. The zero-order valence-electron chi connectivity index (χ0n) is 13.9. The molecule has 1 aliphatic rings. The van der Waals surface area contributed by atoms with E-state index in [4.69, 9.17) is 4.74 Å². The molecular formula is C19H17N2O5-. The van der Waals surface area contributed by atoms with Crippen LogP contribution in [0.2, 0.25) is 0 Å². The van der Waals surface area contributed by atoms with Gasteiger partial charge in [0.05, 0.1) is 11.7 Å². The van der Waals surface area contributed by atoms with E-state index in [0.717, 1.165) is 6.42 Å². The molecule has 1 aliphatic heterocycles. The van der Waals surface area contributed by atoms with Crippen LogP contribution in [0.15, 0.2) is 48.5 Å². The molecule has 1 atom stereocenters. The van der Waals surface area contributed by atoms with E-state index in [1.54, 1.807) is 36.4 Å². The number of hydrogen-bond acceptors (Lipinski definition) is 5. The van der Waals surface area contributed by atoms with E-state index in [1.165, 1.54) is 12.1 Å². The van der Waals surface area contributed by atoms with Crippen LogP contribution in [0.4, 0.5) is 11.4 Å². The highest BCUT2D eigenvalue weighted by Gasteiger charge is 2.23. The fourth-order valence-corrected chi connectivity index (χ4v) is 2.68. The van der Waals surface area contributed by atoms with Gasteiger partial charge >= 0.3 is 0 Å². The smallest absolute Gasteiger partial charge is 0.255 e. The standard InChI is InChI=1S/C19H18N2O5/c22-17(21-15-5-2-1-4-14(15)19(24)25)12-7-9-13(10-8-12)20-18(23)16-6-3-11-26-16/h1-2,4-5,7-10,16H,3,6,11H2,(H,20,23)(H,21,22)(H,24,25)/p-1/t16-/m0/s1. The fraction of sp³-hybridized carbons (Fsp3) is 0.211. The summed E-state index contributed by atoms with van der Waals surface area (Å²) in [5.41, 5.74) is 0.944. The second kappa shape index (κ2) is 7.79. The average Bonchev–Trinajstić information content (AvgIpc) is 3.17. The molecule has 2 amide bonds. The molecule has 1 saturated heterocycles. The first-order valence-electron chi connectivity index (χ1n) is 8.19. The van der Waals surface area contributed by atoms with Crippen molar-refractivity contribution in [2.45, 2.75) is 18.9 Å². The highest BCUT2D eigenvalue weighted by molar-refractivity contribution is 6.07. The van der Waals surface area contributed by atoms with Crippen LogP contribution < -0.4 is 15.7 Å². The minimum atomic E-state index is -1.37. The van der Waals surface area contributed by atoms with Crippen molar-refractivity contribution in [3.8, 4) is 0 Å². The lowest BCUT2D eigenvalue weighted by atomic mass is 10.1. The van der Waals surface area contributed by atoms with E-state index in [1.807, 2.05) is 0 Å². The lowest BCUT2D eigenvalue weighted by Crippen LogP contribution is -2.26. The molecule has 26 heavy (non-hydrogen) atoms. The van der Waals surface area contributed by atoms with Crippen molar-refractivity contribution < 1.29 is 24.2 Å². The van der Waals surface area contributed by atoms with E-state index in [2.05, 4.69) is 10.6 Å². The number of rotatable bonds is 5. The van der Waals surface area contributed by atoms with Crippen LogP contribution in [0, 0.1) is 0 Å². The lowest BCUT2D eigenvalue weighted by Gasteiger charge is -2.12. The second-order valence-corrected chi connectivity index (χ2v) is 5.86. The number of carboxylic acid groups (broad SMARTS) is 1. The Kier molecular flexibility index (Phi) is 5.28. The van der Waals surface area contributed by atoms with Crippen molar-refractivity contribution in [2.75, 3.05) is 17.2 Å². The Labute approximate surface area is 150 Å². The minimum Gasteiger partial charge on any atom is -0.545 e. The van der Waals surface area contributed by atoms with Gasteiger partial charge in [0.2, 0.25) is 0 Å². The molecule has 1 fully saturated rings. The molecule has 0 spiro atoms. The van der Waals surface area contributed by atoms with Gasteiger partial charge in [-0.05, 0) is 43.2 Å². The van der Waals surface area contributed by atoms with Crippen LogP contribution in [0.1, 0.15) is 33.6 Å². The van der Waals surface area contributed by atoms with Crippen molar-refractivity contribution in [3.05, 3.63) is 59.7 Å². The van der Waals surface area contributed by atoms with Crippen LogP contribution in [-0.2, 0) is 9.53 Å². The van der Waals surface area contributed by atoms with E-state index in [9.17, 15) is 19.5 Å². The fourth-order valence-electron chi connectivity index (χ4n) is 2.68. The summed E-state index contributed by atoms with van der Waals surface area (Å²) >= 11 is 0. The molecule has 0 aliphatic carbocycles. The molecule has 7 nitrogen and oxygen atoms in total. The van der Waals surface area contributed by atoms with Gasteiger partial charge in [0.1, 0.15) is 6.10 Å². The topological polar surface area (TPSA) is 108 Å². The maximum absolute atomic E-state index is 12.3. The van der Waals surface area contributed by atoms with Gasteiger partial charge in [-0.1, -0.05) is 18.2 Å². The van der Waals surface area contributed by atoms with Crippen LogP contribution in [0.5, 0.6) is 0 Å². The number of ether oxygens (including phenoxy) is 1. The third-order valence-corrected chi connectivity index (χ3v) is 4.03. The van der Waals surface area contributed by atoms with Crippen molar-refractivity contribution in [3.63, 3.8) is 0 Å². The third-order valence-electron chi connectivity index (χ3n) is 4.03. The Morgan fingerprint density at radius 1 is 1.00 bits per heavy atom. The summed E-state index contributed by atoms with van der Waals surface area (Å²) in [5, 5.41) is 16.4. The minimum absolute atomic E-state index is 0.0960. The Morgan fingerprint density at radius 2 is 1.73 bits per heavy atom. The molecule has 3 rings (SSSR count). The van der Waals surface area contributed by atoms with E-state index < -0.39 is 18.0 Å². The second-order valence-electron chi connectivity index (χ2n) is 5.86. The first-order chi connectivity index (χ1) is 12.5. The number of nitrogens with one attached hydrogen (secondary N) is 2.